The van der Waals surface area contributed by atoms with E-state index in [1.807, 2.05) is 40.8 Å². The van der Waals surface area contributed by atoms with Gasteiger partial charge < -0.3 is 14.4 Å². The molecule has 0 radical (unpaired) electrons. The molecule has 4 rings (SSSR count). The second kappa shape index (κ2) is 9.14. The molecule has 0 bridgehead atoms. The van der Waals surface area contributed by atoms with E-state index in [2.05, 4.69) is 35.8 Å². The van der Waals surface area contributed by atoms with Crippen molar-refractivity contribution in [2.24, 2.45) is 5.41 Å². The molecule has 1 aliphatic heterocycles. The minimum absolute atomic E-state index is 0.00276. The van der Waals surface area contributed by atoms with Gasteiger partial charge in [-0.1, -0.05) is 20.8 Å². The van der Waals surface area contributed by atoms with E-state index in [-0.39, 0.29) is 17.4 Å². The second-order valence-corrected chi connectivity index (χ2v) is 9.36. The largest absolute Gasteiger partial charge is 0.494 e. The lowest BCUT2D eigenvalue weighted by molar-refractivity contribution is -0.134. The van der Waals surface area contributed by atoms with Gasteiger partial charge in [0.1, 0.15) is 23.2 Å². The average Bonchev–Trinajstić information content (AvgIpc) is 3.19. The molecule has 1 amide bonds. The lowest BCUT2D eigenvalue weighted by atomic mass is 9.91. The minimum atomic E-state index is 0.00276. The van der Waals surface area contributed by atoms with Crippen molar-refractivity contribution in [1.82, 2.24) is 24.6 Å². The molecule has 2 aromatic heterocycles. The molecule has 0 spiro atoms. The minimum Gasteiger partial charge on any atom is -0.494 e. The van der Waals surface area contributed by atoms with Crippen LogP contribution in [0.4, 0.5) is 0 Å². The topological polar surface area (TPSA) is 82.4 Å². The van der Waals surface area contributed by atoms with Crippen molar-refractivity contribution >= 4 is 16.9 Å². The molecule has 170 valence electrons. The number of amides is 1. The molecule has 8 heteroatoms. The van der Waals surface area contributed by atoms with Crippen molar-refractivity contribution in [2.75, 3.05) is 19.7 Å². The van der Waals surface area contributed by atoms with Gasteiger partial charge in [0.15, 0.2) is 5.65 Å². The number of fused-ring (bicyclic) bond motifs is 1. The van der Waals surface area contributed by atoms with Gasteiger partial charge in [0, 0.05) is 19.5 Å². The molecule has 8 nitrogen and oxygen atoms in total. The van der Waals surface area contributed by atoms with Crippen LogP contribution in [0.1, 0.15) is 53.0 Å². The number of hydrogen-bond donors (Lipinski definition) is 0. The van der Waals surface area contributed by atoms with Gasteiger partial charge in [-0.3, -0.25) is 4.79 Å². The number of likely N-dealkylation sites (tertiary alicyclic amines) is 1. The number of hydrogen-bond acceptors (Lipinski definition) is 6. The summed E-state index contributed by atoms with van der Waals surface area (Å²) in [6.45, 7) is 10.3. The van der Waals surface area contributed by atoms with Crippen molar-refractivity contribution in [3.05, 3.63) is 36.8 Å². The van der Waals surface area contributed by atoms with E-state index in [1.165, 1.54) is 6.33 Å². The Morgan fingerprint density at radius 3 is 2.44 bits per heavy atom. The van der Waals surface area contributed by atoms with Crippen LogP contribution in [0.5, 0.6) is 17.4 Å². The zero-order chi connectivity index (χ0) is 22.7. The van der Waals surface area contributed by atoms with Crippen LogP contribution in [0.3, 0.4) is 0 Å². The maximum absolute atomic E-state index is 12.6. The highest BCUT2D eigenvalue weighted by molar-refractivity contribution is 5.80. The number of aromatic nitrogens is 4. The maximum atomic E-state index is 12.6. The number of benzene rings is 1. The Kier molecular flexibility index (Phi) is 6.30. The van der Waals surface area contributed by atoms with Gasteiger partial charge in [-0.25, -0.2) is 14.6 Å². The average molecular weight is 438 g/mol. The van der Waals surface area contributed by atoms with Crippen molar-refractivity contribution < 1.29 is 14.3 Å². The predicted molar refractivity (Wildman–Crippen MR) is 122 cm³/mol. The molecule has 0 aliphatic carbocycles. The Labute approximate surface area is 188 Å². The van der Waals surface area contributed by atoms with Crippen LogP contribution in [0, 0.1) is 5.41 Å². The van der Waals surface area contributed by atoms with E-state index in [0.29, 0.717) is 24.7 Å². The summed E-state index contributed by atoms with van der Waals surface area (Å²) in [5, 5.41) is 5.37. The quantitative estimate of drug-likeness (QED) is 0.560. The predicted octanol–water partition coefficient (Wildman–Crippen LogP) is 4.62. The fourth-order valence-corrected chi connectivity index (χ4v) is 4.00. The summed E-state index contributed by atoms with van der Waals surface area (Å²) in [6, 6.07) is 7.64. The normalized spacial score (nSPS) is 15.2. The third kappa shape index (κ3) is 5.00. The van der Waals surface area contributed by atoms with Crippen LogP contribution in [0.2, 0.25) is 0 Å². The number of carbonyl (C=O) groups is 1. The molecule has 1 fully saturated rings. The highest BCUT2D eigenvalue weighted by atomic mass is 16.5. The molecule has 3 heterocycles. The van der Waals surface area contributed by atoms with Gasteiger partial charge in [0.2, 0.25) is 11.8 Å². The Morgan fingerprint density at radius 2 is 1.78 bits per heavy atom. The van der Waals surface area contributed by atoms with E-state index < -0.39 is 0 Å². The third-order valence-electron chi connectivity index (χ3n) is 5.55. The van der Waals surface area contributed by atoms with Gasteiger partial charge in [0.05, 0.1) is 18.8 Å². The van der Waals surface area contributed by atoms with Crippen molar-refractivity contribution in [3.63, 3.8) is 0 Å². The molecule has 3 aromatic rings. The summed E-state index contributed by atoms with van der Waals surface area (Å²) >= 11 is 0. The fraction of sp³-hybridized carbons (Fsp3) is 0.500. The smallest absolute Gasteiger partial charge is 0.233 e. The monoisotopic (exact) mass is 437 g/mol. The lowest BCUT2D eigenvalue weighted by Crippen LogP contribution is -2.40. The van der Waals surface area contributed by atoms with E-state index >= 15 is 0 Å². The van der Waals surface area contributed by atoms with Crippen LogP contribution in [-0.4, -0.2) is 50.3 Å². The van der Waals surface area contributed by atoms with Gasteiger partial charge in [0.25, 0.3) is 0 Å². The van der Waals surface area contributed by atoms with E-state index in [1.54, 1.807) is 6.20 Å². The number of nitrogens with zero attached hydrogens (tertiary/aromatic N) is 5. The summed E-state index contributed by atoms with van der Waals surface area (Å²) < 4.78 is 13.4. The first-order valence-electron chi connectivity index (χ1n) is 11.2. The summed E-state index contributed by atoms with van der Waals surface area (Å²) in [5.41, 5.74) is 0.753. The van der Waals surface area contributed by atoms with Crippen LogP contribution in [0.25, 0.3) is 11.0 Å². The summed E-state index contributed by atoms with van der Waals surface area (Å²) in [4.78, 5) is 23.3. The van der Waals surface area contributed by atoms with E-state index in [0.717, 1.165) is 42.7 Å². The van der Waals surface area contributed by atoms with Gasteiger partial charge in [-0.15, -0.1) is 0 Å². The Morgan fingerprint density at radius 1 is 1.09 bits per heavy atom. The standard InChI is InChI=1S/C24H31N5O3/c1-5-31-18-6-8-19(9-7-18)32-23-20-15-27-29(22(20)25-16-26-23)17-10-12-28(13-11-17)21(30)14-24(2,3)4/h6-9,15-17H,5,10-14H2,1-4H3. The second-order valence-electron chi connectivity index (χ2n) is 9.36. The molecule has 1 aliphatic rings. The molecule has 1 saturated heterocycles. The van der Waals surface area contributed by atoms with Crippen LogP contribution >= 0.6 is 0 Å². The lowest BCUT2D eigenvalue weighted by Gasteiger charge is -2.33. The summed E-state index contributed by atoms with van der Waals surface area (Å²) in [5.74, 6) is 2.18. The van der Waals surface area contributed by atoms with E-state index in [4.69, 9.17) is 9.47 Å². The molecule has 0 N–H and O–H groups in total. The first-order chi connectivity index (χ1) is 15.3. The Hall–Kier alpha value is -3.16. The molecule has 1 aromatic carbocycles. The van der Waals surface area contributed by atoms with Crippen molar-refractivity contribution in [3.8, 4) is 17.4 Å². The first-order valence-corrected chi connectivity index (χ1v) is 11.2. The van der Waals surface area contributed by atoms with E-state index in [9.17, 15) is 4.79 Å². The molecule has 0 atom stereocenters. The zero-order valence-corrected chi connectivity index (χ0v) is 19.2. The van der Waals surface area contributed by atoms with Crippen molar-refractivity contribution in [2.45, 2.75) is 53.0 Å². The highest BCUT2D eigenvalue weighted by Gasteiger charge is 2.28. The van der Waals surface area contributed by atoms with Crippen LogP contribution < -0.4 is 9.47 Å². The molecule has 0 saturated carbocycles. The van der Waals surface area contributed by atoms with Gasteiger partial charge in [-0.05, 0) is 49.4 Å². The third-order valence-corrected chi connectivity index (χ3v) is 5.55. The molecular formula is C24H31N5O3. The number of carbonyl (C=O) groups excluding carboxylic acids is 1. The number of rotatable bonds is 6. The molecule has 32 heavy (non-hydrogen) atoms. The summed E-state index contributed by atoms with van der Waals surface area (Å²) in [6.07, 6.45) is 5.54. The number of piperidine rings is 1. The zero-order valence-electron chi connectivity index (χ0n) is 19.2. The van der Waals surface area contributed by atoms with Crippen LogP contribution in [-0.2, 0) is 4.79 Å². The SMILES string of the molecule is CCOc1ccc(Oc2ncnc3c2cnn3C2CCN(C(=O)CC(C)(C)C)CC2)cc1. The Bertz CT molecular complexity index is 1060. The molecular weight excluding hydrogens is 406 g/mol. The Balaban J connectivity index is 1.46. The summed E-state index contributed by atoms with van der Waals surface area (Å²) in [7, 11) is 0. The van der Waals surface area contributed by atoms with Gasteiger partial charge >= 0.3 is 0 Å². The first kappa shape index (κ1) is 22.0. The molecule has 0 unspecified atom stereocenters. The highest BCUT2D eigenvalue weighted by Crippen LogP contribution is 2.31. The fourth-order valence-electron chi connectivity index (χ4n) is 4.00. The van der Waals surface area contributed by atoms with Crippen LogP contribution in [0.15, 0.2) is 36.8 Å². The number of ether oxygens (including phenoxy) is 2. The van der Waals surface area contributed by atoms with Crippen molar-refractivity contribution in [1.29, 1.82) is 0 Å². The maximum Gasteiger partial charge on any atom is 0.233 e. The van der Waals surface area contributed by atoms with Gasteiger partial charge in [-0.2, -0.15) is 5.10 Å².